The highest BCUT2D eigenvalue weighted by Crippen LogP contribution is 2.15. The number of halogens is 1. The summed E-state index contributed by atoms with van der Waals surface area (Å²) >= 11 is 3.33. The molecule has 1 aromatic carbocycles. The maximum Gasteiger partial charge on any atom is 0.335 e. The summed E-state index contributed by atoms with van der Waals surface area (Å²) in [5.74, 6) is -0.354. The zero-order valence-electron chi connectivity index (χ0n) is 13.9. The van der Waals surface area contributed by atoms with Gasteiger partial charge in [-0.25, -0.2) is 4.79 Å². The molecule has 0 aliphatic heterocycles. The van der Waals surface area contributed by atoms with Crippen LogP contribution in [-0.4, -0.2) is 38.7 Å². The Hall–Kier alpha value is -2.87. The lowest BCUT2D eigenvalue weighted by Gasteiger charge is -2.16. The monoisotopic (exact) mass is 417 g/mol. The van der Waals surface area contributed by atoms with E-state index in [1.807, 2.05) is 6.20 Å². The number of aromatic carboxylic acids is 1. The fourth-order valence-electron chi connectivity index (χ4n) is 2.45. The summed E-state index contributed by atoms with van der Waals surface area (Å²) in [5, 5.41) is 13.1. The van der Waals surface area contributed by atoms with Gasteiger partial charge in [0.15, 0.2) is 5.76 Å². The molecular formula is C18H16BrN3O4. The third-order valence-corrected chi connectivity index (χ3v) is 4.17. The number of benzene rings is 1. The predicted octanol–water partition coefficient (Wildman–Crippen LogP) is 3.26. The van der Waals surface area contributed by atoms with Crippen molar-refractivity contribution >= 4 is 27.8 Å². The molecule has 0 spiro atoms. The van der Waals surface area contributed by atoms with Gasteiger partial charge >= 0.3 is 5.97 Å². The molecule has 1 N–H and O–H groups in total. The van der Waals surface area contributed by atoms with Gasteiger partial charge in [-0.15, -0.1) is 0 Å². The number of rotatable bonds is 6. The second-order valence-electron chi connectivity index (χ2n) is 5.79. The van der Waals surface area contributed by atoms with Gasteiger partial charge in [-0.1, -0.05) is 12.1 Å². The molecule has 0 aliphatic rings. The van der Waals surface area contributed by atoms with Gasteiger partial charge in [-0.2, -0.15) is 5.10 Å². The summed E-state index contributed by atoms with van der Waals surface area (Å²) in [5.41, 5.74) is 1.04. The molecule has 0 atom stereocenters. The summed E-state index contributed by atoms with van der Waals surface area (Å²) in [4.78, 5) is 24.9. The fourth-order valence-corrected chi connectivity index (χ4v) is 2.78. The van der Waals surface area contributed by atoms with Crippen molar-refractivity contribution in [1.29, 1.82) is 0 Å². The first-order valence-corrected chi connectivity index (χ1v) is 8.56. The van der Waals surface area contributed by atoms with Crippen molar-refractivity contribution in [3.63, 3.8) is 0 Å². The van der Waals surface area contributed by atoms with Gasteiger partial charge in [0.25, 0.3) is 5.91 Å². The summed E-state index contributed by atoms with van der Waals surface area (Å²) in [6.07, 6.45) is 3.50. The van der Waals surface area contributed by atoms with E-state index in [1.165, 1.54) is 17.0 Å². The Morgan fingerprint density at radius 2 is 1.96 bits per heavy atom. The van der Waals surface area contributed by atoms with Gasteiger partial charge in [0.1, 0.15) is 5.76 Å². The molecule has 7 nitrogen and oxygen atoms in total. The van der Waals surface area contributed by atoms with E-state index < -0.39 is 5.97 Å². The Morgan fingerprint density at radius 3 is 2.58 bits per heavy atom. The molecule has 0 fully saturated rings. The molecule has 0 unspecified atom stereocenters. The molecule has 134 valence electrons. The number of hydrogen-bond acceptors (Lipinski definition) is 4. The maximum atomic E-state index is 12.5. The molecule has 8 heteroatoms. The molecule has 1 amide bonds. The minimum absolute atomic E-state index is 0.212. The Morgan fingerprint density at radius 1 is 1.23 bits per heavy atom. The maximum absolute atomic E-state index is 12.5. The number of carboxylic acid groups (broad SMARTS) is 1. The number of nitrogens with zero attached hydrogens (tertiary/aromatic N) is 3. The Bertz CT molecular complexity index is 930. The number of amides is 1. The molecule has 0 radical (unpaired) electrons. The van der Waals surface area contributed by atoms with Crippen LogP contribution < -0.4 is 0 Å². The smallest absolute Gasteiger partial charge is 0.335 e. The number of carboxylic acids is 1. The highest BCUT2D eigenvalue weighted by atomic mass is 79.9. The van der Waals surface area contributed by atoms with Crippen molar-refractivity contribution in [2.45, 2.75) is 13.1 Å². The van der Waals surface area contributed by atoms with E-state index in [2.05, 4.69) is 21.0 Å². The van der Waals surface area contributed by atoms with Gasteiger partial charge in [-0.3, -0.25) is 9.48 Å². The lowest BCUT2D eigenvalue weighted by atomic mass is 10.1. The van der Waals surface area contributed by atoms with Crippen molar-refractivity contribution in [3.8, 4) is 0 Å². The average molecular weight is 418 g/mol. The molecule has 0 bridgehead atoms. The third kappa shape index (κ3) is 4.20. The topological polar surface area (TPSA) is 88.6 Å². The highest BCUT2D eigenvalue weighted by molar-refractivity contribution is 9.10. The molecule has 0 saturated carbocycles. The van der Waals surface area contributed by atoms with Crippen molar-refractivity contribution in [2.75, 3.05) is 7.05 Å². The first-order chi connectivity index (χ1) is 12.4. The predicted molar refractivity (Wildman–Crippen MR) is 96.9 cm³/mol. The van der Waals surface area contributed by atoms with Crippen LogP contribution in [0.3, 0.4) is 0 Å². The molecule has 2 heterocycles. The summed E-state index contributed by atoms with van der Waals surface area (Å²) in [6, 6.07) is 9.80. The molecule has 26 heavy (non-hydrogen) atoms. The van der Waals surface area contributed by atoms with Crippen LogP contribution in [-0.2, 0) is 13.1 Å². The van der Waals surface area contributed by atoms with E-state index in [4.69, 9.17) is 9.52 Å². The van der Waals surface area contributed by atoms with E-state index in [1.54, 1.807) is 42.2 Å². The lowest BCUT2D eigenvalue weighted by Crippen LogP contribution is -2.25. The van der Waals surface area contributed by atoms with E-state index in [-0.39, 0.29) is 17.2 Å². The molecule has 2 aromatic heterocycles. The highest BCUT2D eigenvalue weighted by Gasteiger charge is 2.17. The average Bonchev–Trinajstić information content (AvgIpc) is 3.24. The number of carbonyl (C=O) groups is 2. The zero-order chi connectivity index (χ0) is 18.7. The third-order valence-electron chi connectivity index (χ3n) is 3.76. The van der Waals surface area contributed by atoms with Crippen LogP contribution >= 0.6 is 15.9 Å². The van der Waals surface area contributed by atoms with Gasteiger partial charge in [-0.05, 0) is 45.8 Å². The number of hydrogen-bond donors (Lipinski definition) is 1. The molecule has 0 saturated heterocycles. The Labute approximate surface area is 158 Å². The largest absolute Gasteiger partial charge is 0.478 e. The SMILES string of the molecule is CN(Cc1ccc(C(=O)O)cc1)C(=O)c1ccc(Cn2cc(Br)cn2)o1. The first kappa shape index (κ1) is 17.9. The van der Waals surface area contributed by atoms with Crippen LogP contribution in [0.5, 0.6) is 0 Å². The summed E-state index contributed by atoms with van der Waals surface area (Å²) < 4.78 is 8.19. The quantitative estimate of drug-likeness (QED) is 0.664. The number of carbonyl (C=O) groups excluding carboxylic acids is 1. The Kier molecular flexibility index (Phi) is 5.22. The molecular weight excluding hydrogens is 402 g/mol. The van der Waals surface area contributed by atoms with Crippen LogP contribution in [0, 0.1) is 0 Å². The van der Waals surface area contributed by atoms with Crippen molar-refractivity contribution in [1.82, 2.24) is 14.7 Å². The second kappa shape index (κ2) is 7.57. The van der Waals surface area contributed by atoms with E-state index in [0.717, 1.165) is 10.0 Å². The molecule has 3 rings (SSSR count). The second-order valence-corrected chi connectivity index (χ2v) is 6.70. The van der Waals surface area contributed by atoms with Crippen LogP contribution in [0.1, 0.15) is 32.2 Å². The first-order valence-electron chi connectivity index (χ1n) is 7.77. The minimum Gasteiger partial charge on any atom is -0.478 e. The number of furan rings is 1. The van der Waals surface area contributed by atoms with Gasteiger partial charge in [0.2, 0.25) is 0 Å². The lowest BCUT2D eigenvalue weighted by molar-refractivity contribution is 0.0695. The summed E-state index contributed by atoms with van der Waals surface area (Å²) in [6.45, 7) is 0.778. The Balaban J connectivity index is 1.63. The van der Waals surface area contributed by atoms with Crippen molar-refractivity contribution in [2.24, 2.45) is 0 Å². The minimum atomic E-state index is -0.978. The standard InChI is InChI=1S/C18H16BrN3O4/c1-21(9-12-2-4-13(5-3-12)18(24)25)17(23)16-7-6-15(26-16)11-22-10-14(19)8-20-22/h2-8,10H,9,11H2,1H3,(H,24,25). The van der Waals surface area contributed by atoms with Gasteiger partial charge in [0.05, 0.1) is 22.8 Å². The van der Waals surface area contributed by atoms with E-state index in [9.17, 15) is 9.59 Å². The van der Waals surface area contributed by atoms with E-state index in [0.29, 0.717) is 18.8 Å². The van der Waals surface area contributed by atoms with Crippen molar-refractivity contribution < 1.29 is 19.1 Å². The molecule has 3 aromatic rings. The zero-order valence-corrected chi connectivity index (χ0v) is 15.5. The van der Waals surface area contributed by atoms with Gasteiger partial charge < -0.3 is 14.4 Å². The van der Waals surface area contributed by atoms with Crippen LogP contribution in [0.25, 0.3) is 0 Å². The fraction of sp³-hybridized carbons (Fsp3) is 0.167. The van der Waals surface area contributed by atoms with Crippen molar-refractivity contribution in [3.05, 3.63) is 75.9 Å². The normalized spacial score (nSPS) is 10.7. The van der Waals surface area contributed by atoms with E-state index >= 15 is 0 Å². The van der Waals surface area contributed by atoms with Crippen LogP contribution in [0.15, 0.2) is 57.7 Å². The van der Waals surface area contributed by atoms with Crippen LogP contribution in [0.2, 0.25) is 0 Å². The van der Waals surface area contributed by atoms with Gasteiger partial charge in [0, 0.05) is 19.8 Å². The van der Waals surface area contributed by atoms with Crippen LogP contribution in [0.4, 0.5) is 0 Å². The molecule has 0 aliphatic carbocycles. The number of aromatic nitrogens is 2. The summed E-state index contributed by atoms with van der Waals surface area (Å²) in [7, 11) is 1.67.